The summed E-state index contributed by atoms with van der Waals surface area (Å²) in [6.45, 7) is 0. The van der Waals surface area contributed by atoms with Crippen LogP contribution in [-0.4, -0.2) is 16.7 Å². The van der Waals surface area contributed by atoms with Crippen LogP contribution in [0.2, 0.25) is 0 Å². The number of rotatable bonds is 2. The van der Waals surface area contributed by atoms with Gasteiger partial charge in [-0.05, 0) is 37.8 Å². The SMILES string of the molecule is Cn1c(=O)oc2cc(NC3CCC(N)CC3)ccc21. The molecule has 0 amide bonds. The van der Waals surface area contributed by atoms with Crippen molar-refractivity contribution in [3.05, 3.63) is 28.7 Å². The van der Waals surface area contributed by atoms with Gasteiger partial charge in [0.15, 0.2) is 5.58 Å². The molecule has 0 aliphatic heterocycles. The molecule has 1 saturated carbocycles. The van der Waals surface area contributed by atoms with Gasteiger partial charge in [-0.25, -0.2) is 4.79 Å². The van der Waals surface area contributed by atoms with Gasteiger partial charge in [-0.3, -0.25) is 4.57 Å². The second-order valence-corrected chi connectivity index (χ2v) is 5.37. The van der Waals surface area contributed by atoms with Crippen LogP contribution in [0.1, 0.15) is 25.7 Å². The number of benzene rings is 1. The third-order valence-corrected chi connectivity index (χ3v) is 3.93. The number of nitrogens with two attached hydrogens (primary N) is 1. The number of nitrogens with one attached hydrogen (secondary N) is 1. The maximum Gasteiger partial charge on any atom is 0.419 e. The van der Waals surface area contributed by atoms with Crippen LogP contribution in [0.3, 0.4) is 0 Å². The predicted octanol–water partition coefficient (Wildman–Crippen LogP) is 1.81. The minimum Gasteiger partial charge on any atom is -0.408 e. The highest BCUT2D eigenvalue weighted by atomic mass is 16.4. The Bertz CT molecular complexity index is 636. The minimum atomic E-state index is -0.323. The van der Waals surface area contributed by atoms with E-state index in [1.807, 2.05) is 18.2 Å². The lowest BCUT2D eigenvalue weighted by atomic mass is 9.91. The number of nitrogens with zero attached hydrogens (tertiary/aromatic N) is 1. The van der Waals surface area contributed by atoms with Crippen LogP contribution >= 0.6 is 0 Å². The molecule has 0 saturated heterocycles. The molecule has 3 rings (SSSR count). The monoisotopic (exact) mass is 261 g/mol. The molecule has 5 heteroatoms. The zero-order chi connectivity index (χ0) is 13.4. The standard InChI is InChI=1S/C14H19N3O2/c1-17-12-7-6-11(8-13(12)19-14(17)18)16-10-4-2-9(15)3-5-10/h6-10,16H,2-5,15H2,1H3. The highest BCUT2D eigenvalue weighted by Gasteiger charge is 2.18. The molecule has 0 radical (unpaired) electrons. The Morgan fingerprint density at radius 1 is 1.32 bits per heavy atom. The first-order valence-electron chi connectivity index (χ1n) is 6.75. The van der Waals surface area contributed by atoms with Gasteiger partial charge in [0, 0.05) is 30.9 Å². The van der Waals surface area contributed by atoms with Crippen molar-refractivity contribution in [2.75, 3.05) is 5.32 Å². The zero-order valence-corrected chi connectivity index (χ0v) is 11.1. The fourth-order valence-corrected chi connectivity index (χ4v) is 2.72. The van der Waals surface area contributed by atoms with E-state index in [9.17, 15) is 4.79 Å². The van der Waals surface area contributed by atoms with Gasteiger partial charge in [-0.2, -0.15) is 0 Å². The molecule has 2 aromatic rings. The molecule has 0 spiro atoms. The maximum atomic E-state index is 11.4. The summed E-state index contributed by atoms with van der Waals surface area (Å²) in [6.07, 6.45) is 4.33. The molecule has 1 fully saturated rings. The molecule has 1 heterocycles. The van der Waals surface area contributed by atoms with Crippen molar-refractivity contribution in [1.29, 1.82) is 0 Å². The third-order valence-electron chi connectivity index (χ3n) is 3.93. The van der Waals surface area contributed by atoms with Crippen molar-refractivity contribution in [2.24, 2.45) is 12.8 Å². The largest absolute Gasteiger partial charge is 0.419 e. The van der Waals surface area contributed by atoms with Crippen molar-refractivity contribution < 1.29 is 4.42 Å². The van der Waals surface area contributed by atoms with Crippen LogP contribution in [0.5, 0.6) is 0 Å². The molecule has 0 bridgehead atoms. The summed E-state index contributed by atoms with van der Waals surface area (Å²) in [5, 5.41) is 3.50. The number of oxazole rings is 1. The Morgan fingerprint density at radius 2 is 2.05 bits per heavy atom. The van der Waals surface area contributed by atoms with E-state index in [1.165, 1.54) is 4.57 Å². The van der Waals surface area contributed by atoms with Crippen molar-refractivity contribution in [3.63, 3.8) is 0 Å². The second-order valence-electron chi connectivity index (χ2n) is 5.37. The third kappa shape index (κ3) is 2.38. The molecule has 1 aromatic heterocycles. The Labute approximate surface area is 111 Å². The van der Waals surface area contributed by atoms with Gasteiger partial charge in [-0.1, -0.05) is 0 Å². The minimum absolute atomic E-state index is 0.323. The topological polar surface area (TPSA) is 73.2 Å². The van der Waals surface area contributed by atoms with Gasteiger partial charge in [0.2, 0.25) is 0 Å². The summed E-state index contributed by atoms with van der Waals surface area (Å²) in [5.74, 6) is -0.323. The molecule has 0 unspecified atom stereocenters. The summed E-state index contributed by atoms with van der Waals surface area (Å²) < 4.78 is 6.71. The second kappa shape index (κ2) is 4.74. The molecule has 3 N–H and O–H groups in total. The van der Waals surface area contributed by atoms with Gasteiger partial charge in [0.1, 0.15) is 0 Å². The van der Waals surface area contributed by atoms with Crippen LogP contribution in [0, 0.1) is 0 Å². The first kappa shape index (κ1) is 12.3. The lowest BCUT2D eigenvalue weighted by molar-refractivity contribution is 0.411. The average molecular weight is 261 g/mol. The normalized spacial score (nSPS) is 23.7. The van der Waals surface area contributed by atoms with Crippen molar-refractivity contribution in [2.45, 2.75) is 37.8 Å². The van der Waals surface area contributed by atoms with Crippen molar-refractivity contribution >= 4 is 16.8 Å². The van der Waals surface area contributed by atoms with Crippen LogP contribution in [0.25, 0.3) is 11.1 Å². The van der Waals surface area contributed by atoms with Crippen molar-refractivity contribution in [3.8, 4) is 0 Å². The van der Waals surface area contributed by atoms with E-state index < -0.39 is 0 Å². The van der Waals surface area contributed by atoms with Crippen LogP contribution in [-0.2, 0) is 7.05 Å². The van der Waals surface area contributed by atoms with E-state index in [0.29, 0.717) is 17.7 Å². The molecular formula is C14H19N3O2. The fraction of sp³-hybridized carbons (Fsp3) is 0.500. The Morgan fingerprint density at radius 3 is 2.79 bits per heavy atom. The summed E-state index contributed by atoms with van der Waals surface area (Å²) in [7, 11) is 1.71. The number of fused-ring (bicyclic) bond motifs is 1. The molecule has 5 nitrogen and oxygen atoms in total. The number of hydrogen-bond donors (Lipinski definition) is 2. The molecule has 102 valence electrons. The summed E-state index contributed by atoms with van der Waals surface area (Å²) in [4.78, 5) is 11.4. The zero-order valence-electron chi connectivity index (χ0n) is 11.1. The lowest BCUT2D eigenvalue weighted by Gasteiger charge is -2.27. The summed E-state index contributed by atoms with van der Waals surface area (Å²) in [6, 6.07) is 6.62. The Kier molecular flexibility index (Phi) is 3.06. The number of hydrogen-bond acceptors (Lipinski definition) is 4. The lowest BCUT2D eigenvalue weighted by Crippen LogP contribution is -2.32. The number of aromatic nitrogens is 1. The summed E-state index contributed by atoms with van der Waals surface area (Å²) in [5.41, 5.74) is 8.36. The van der Waals surface area contributed by atoms with E-state index in [-0.39, 0.29) is 5.76 Å². The van der Waals surface area contributed by atoms with Crippen LogP contribution in [0.4, 0.5) is 5.69 Å². The fourth-order valence-electron chi connectivity index (χ4n) is 2.72. The number of aryl methyl sites for hydroxylation is 1. The van der Waals surface area contributed by atoms with Gasteiger partial charge in [0.05, 0.1) is 5.52 Å². The smallest absolute Gasteiger partial charge is 0.408 e. The van der Waals surface area contributed by atoms with E-state index in [1.54, 1.807) is 7.05 Å². The Balaban J connectivity index is 1.80. The van der Waals surface area contributed by atoms with Gasteiger partial charge >= 0.3 is 5.76 Å². The van der Waals surface area contributed by atoms with Gasteiger partial charge < -0.3 is 15.5 Å². The molecule has 1 aliphatic rings. The molecule has 1 aromatic carbocycles. The molecule has 19 heavy (non-hydrogen) atoms. The van der Waals surface area contributed by atoms with Crippen LogP contribution in [0.15, 0.2) is 27.4 Å². The Hall–Kier alpha value is -1.75. The average Bonchev–Trinajstić information content (AvgIpc) is 2.68. The van der Waals surface area contributed by atoms with E-state index in [4.69, 9.17) is 10.2 Å². The molecule has 1 aliphatic carbocycles. The quantitative estimate of drug-likeness (QED) is 0.864. The van der Waals surface area contributed by atoms with E-state index in [0.717, 1.165) is 36.9 Å². The van der Waals surface area contributed by atoms with Crippen LogP contribution < -0.4 is 16.8 Å². The van der Waals surface area contributed by atoms with Gasteiger partial charge in [-0.15, -0.1) is 0 Å². The summed E-state index contributed by atoms with van der Waals surface area (Å²) >= 11 is 0. The molecular weight excluding hydrogens is 242 g/mol. The van der Waals surface area contributed by atoms with Gasteiger partial charge in [0.25, 0.3) is 0 Å². The first-order chi connectivity index (χ1) is 9.13. The first-order valence-corrected chi connectivity index (χ1v) is 6.75. The molecule has 0 atom stereocenters. The maximum absolute atomic E-state index is 11.4. The van der Waals surface area contributed by atoms with Crippen molar-refractivity contribution in [1.82, 2.24) is 4.57 Å². The highest BCUT2D eigenvalue weighted by Crippen LogP contribution is 2.23. The van der Waals surface area contributed by atoms with E-state index >= 15 is 0 Å². The van der Waals surface area contributed by atoms with E-state index in [2.05, 4.69) is 5.32 Å². The number of anilines is 1. The highest BCUT2D eigenvalue weighted by molar-refractivity contribution is 5.77. The predicted molar refractivity (Wildman–Crippen MR) is 75.3 cm³/mol.